The molecule has 0 amide bonds. The van der Waals surface area contributed by atoms with Crippen molar-refractivity contribution < 1.29 is 8.42 Å². The summed E-state index contributed by atoms with van der Waals surface area (Å²) in [6.45, 7) is 0.565. The standard InChI is InChI=1S/C10H20ClNO2S/c11-7-9-15(13,14)12-8-3-6-10-4-1-2-5-10/h10,12H,1-9H2. The minimum absolute atomic E-state index is 0.0258. The first-order chi connectivity index (χ1) is 7.14. The molecule has 0 heterocycles. The van der Waals surface area contributed by atoms with E-state index in [4.69, 9.17) is 11.6 Å². The number of hydrogen-bond donors (Lipinski definition) is 1. The van der Waals surface area contributed by atoms with E-state index in [2.05, 4.69) is 4.72 Å². The number of rotatable bonds is 7. The number of sulfonamides is 1. The highest BCUT2D eigenvalue weighted by atomic mass is 35.5. The molecule has 0 spiro atoms. The molecule has 1 rings (SSSR count). The molecule has 0 aromatic rings. The molecule has 1 N–H and O–H groups in total. The van der Waals surface area contributed by atoms with Gasteiger partial charge >= 0.3 is 0 Å². The van der Waals surface area contributed by atoms with Gasteiger partial charge in [0.05, 0.1) is 5.75 Å². The maximum Gasteiger partial charge on any atom is 0.212 e. The highest BCUT2D eigenvalue weighted by Crippen LogP contribution is 2.28. The topological polar surface area (TPSA) is 46.2 Å². The second-order valence-electron chi connectivity index (χ2n) is 4.19. The molecule has 90 valence electrons. The Morgan fingerprint density at radius 2 is 1.93 bits per heavy atom. The summed E-state index contributed by atoms with van der Waals surface area (Å²) in [5.74, 6) is 1.03. The molecule has 1 saturated carbocycles. The van der Waals surface area contributed by atoms with Crippen molar-refractivity contribution >= 4 is 21.6 Å². The van der Waals surface area contributed by atoms with Gasteiger partial charge in [0, 0.05) is 12.4 Å². The van der Waals surface area contributed by atoms with Gasteiger partial charge in [-0.3, -0.25) is 0 Å². The van der Waals surface area contributed by atoms with Crippen LogP contribution in [0.3, 0.4) is 0 Å². The molecule has 0 saturated heterocycles. The van der Waals surface area contributed by atoms with Crippen molar-refractivity contribution in [1.82, 2.24) is 4.72 Å². The zero-order valence-electron chi connectivity index (χ0n) is 9.04. The van der Waals surface area contributed by atoms with Crippen LogP contribution in [0, 0.1) is 5.92 Å². The third-order valence-electron chi connectivity index (χ3n) is 2.93. The predicted molar refractivity (Wildman–Crippen MR) is 63.7 cm³/mol. The Morgan fingerprint density at radius 3 is 2.53 bits per heavy atom. The Balaban J connectivity index is 2.05. The number of halogens is 1. The van der Waals surface area contributed by atoms with E-state index in [1.807, 2.05) is 0 Å². The summed E-state index contributed by atoms with van der Waals surface area (Å²) in [4.78, 5) is 0. The third kappa shape index (κ3) is 5.73. The monoisotopic (exact) mass is 253 g/mol. The van der Waals surface area contributed by atoms with E-state index in [0.29, 0.717) is 6.54 Å². The van der Waals surface area contributed by atoms with Gasteiger partial charge in [-0.1, -0.05) is 25.7 Å². The van der Waals surface area contributed by atoms with E-state index in [-0.39, 0.29) is 11.6 Å². The largest absolute Gasteiger partial charge is 0.215 e. The van der Waals surface area contributed by atoms with Crippen LogP contribution in [0.2, 0.25) is 0 Å². The third-order valence-corrected chi connectivity index (χ3v) is 4.73. The minimum Gasteiger partial charge on any atom is -0.215 e. The van der Waals surface area contributed by atoms with E-state index in [1.165, 1.54) is 25.7 Å². The van der Waals surface area contributed by atoms with Crippen LogP contribution < -0.4 is 4.72 Å². The average Bonchev–Trinajstić information content (AvgIpc) is 2.65. The van der Waals surface area contributed by atoms with Gasteiger partial charge in [0.1, 0.15) is 0 Å². The Hall–Kier alpha value is 0.200. The molecule has 1 aliphatic rings. The van der Waals surface area contributed by atoms with E-state index in [0.717, 1.165) is 18.8 Å². The van der Waals surface area contributed by atoms with Crippen molar-refractivity contribution in [2.45, 2.75) is 38.5 Å². The lowest BCUT2D eigenvalue weighted by Crippen LogP contribution is -2.28. The van der Waals surface area contributed by atoms with Crippen LogP contribution in [0.4, 0.5) is 0 Å². The Labute approximate surface area is 97.6 Å². The molecule has 0 aliphatic heterocycles. The van der Waals surface area contributed by atoms with Gasteiger partial charge in [-0.05, 0) is 18.8 Å². The van der Waals surface area contributed by atoms with Crippen molar-refractivity contribution in [2.75, 3.05) is 18.2 Å². The van der Waals surface area contributed by atoms with Gasteiger partial charge in [-0.25, -0.2) is 13.1 Å². The van der Waals surface area contributed by atoms with Crippen molar-refractivity contribution in [3.8, 4) is 0 Å². The molecular weight excluding hydrogens is 234 g/mol. The van der Waals surface area contributed by atoms with Crippen molar-refractivity contribution in [3.05, 3.63) is 0 Å². The van der Waals surface area contributed by atoms with Crippen molar-refractivity contribution in [3.63, 3.8) is 0 Å². The maximum absolute atomic E-state index is 11.2. The van der Waals surface area contributed by atoms with Crippen LogP contribution >= 0.6 is 11.6 Å². The van der Waals surface area contributed by atoms with Crippen LogP contribution in [0.25, 0.3) is 0 Å². The Bertz CT molecular complexity index is 261. The Kier molecular flexibility index (Phi) is 5.94. The van der Waals surface area contributed by atoms with Crippen LogP contribution in [0.15, 0.2) is 0 Å². The zero-order chi connectivity index (χ0) is 11.1. The van der Waals surface area contributed by atoms with Crippen molar-refractivity contribution in [2.24, 2.45) is 5.92 Å². The normalized spacial score (nSPS) is 18.5. The molecule has 0 radical (unpaired) electrons. The number of hydrogen-bond acceptors (Lipinski definition) is 2. The molecule has 5 heteroatoms. The van der Waals surface area contributed by atoms with E-state index in [9.17, 15) is 8.42 Å². The quantitative estimate of drug-likeness (QED) is 0.558. The summed E-state index contributed by atoms with van der Waals surface area (Å²) in [7, 11) is -3.11. The maximum atomic E-state index is 11.2. The van der Waals surface area contributed by atoms with Crippen LogP contribution in [0.5, 0.6) is 0 Å². The summed E-state index contributed by atoms with van der Waals surface area (Å²) in [6, 6.07) is 0. The summed E-state index contributed by atoms with van der Waals surface area (Å²) in [5, 5.41) is 0. The van der Waals surface area contributed by atoms with E-state index in [1.54, 1.807) is 0 Å². The lowest BCUT2D eigenvalue weighted by atomic mass is 10.0. The second kappa shape index (κ2) is 6.71. The molecule has 0 aromatic carbocycles. The molecule has 1 fully saturated rings. The highest BCUT2D eigenvalue weighted by molar-refractivity contribution is 7.89. The fourth-order valence-corrected chi connectivity index (χ4v) is 3.50. The van der Waals surface area contributed by atoms with Crippen molar-refractivity contribution in [1.29, 1.82) is 0 Å². The minimum atomic E-state index is -3.11. The summed E-state index contributed by atoms with van der Waals surface area (Å²) in [5.41, 5.74) is 0. The predicted octanol–water partition coefficient (Wildman–Crippen LogP) is 2.12. The second-order valence-corrected chi connectivity index (χ2v) is 6.50. The summed E-state index contributed by atoms with van der Waals surface area (Å²) in [6.07, 6.45) is 7.46. The molecule has 0 aromatic heterocycles. The number of alkyl halides is 1. The molecule has 0 bridgehead atoms. The van der Waals surface area contributed by atoms with Gasteiger partial charge in [-0.2, -0.15) is 0 Å². The first kappa shape index (κ1) is 13.3. The van der Waals surface area contributed by atoms with E-state index >= 15 is 0 Å². The van der Waals surface area contributed by atoms with Crippen LogP contribution in [-0.4, -0.2) is 26.6 Å². The van der Waals surface area contributed by atoms with Gasteiger partial charge < -0.3 is 0 Å². The fourth-order valence-electron chi connectivity index (χ4n) is 2.09. The molecule has 0 unspecified atom stereocenters. The fraction of sp³-hybridized carbons (Fsp3) is 1.00. The lowest BCUT2D eigenvalue weighted by Gasteiger charge is -2.09. The van der Waals surface area contributed by atoms with E-state index < -0.39 is 10.0 Å². The first-order valence-electron chi connectivity index (χ1n) is 5.67. The van der Waals surface area contributed by atoms with Gasteiger partial charge in [0.25, 0.3) is 0 Å². The zero-order valence-corrected chi connectivity index (χ0v) is 10.6. The average molecular weight is 254 g/mol. The number of nitrogens with one attached hydrogen (secondary N) is 1. The molecular formula is C10H20ClNO2S. The molecule has 3 nitrogen and oxygen atoms in total. The van der Waals surface area contributed by atoms with Gasteiger partial charge in [0.15, 0.2) is 0 Å². The van der Waals surface area contributed by atoms with Gasteiger partial charge in [-0.15, -0.1) is 11.6 Å². The molecule has 1 aliphatic carbocycles. The Morgan fingerprint density at radius 1 is 1.27 bits per heavy atom. The van der Waals surface area contributed by atoms with Gasteiger partial charge in [0.2, 0.25) is 10.0 Å². The highest BCUT2D eigenvalue weighted by Gasteiger charge is 2.14. The first-order valence-corrected chi connectivity index (χ1v) is 7.86. The molecule has 0 atom stereocenters. The summed E-state index contributed by atoms with van der Waals surface area (Å²) >= 11 is 5.38. The SMILES string of the molecule is O=S(=O)(CCCl)NCCCC1CCCC1. The van der Waals surface area contributed by atoms with Crippen LogP contribution in [-0.2, 0) is 10.0 Å². The lowest BCUT2D eigenvalue weighted by molar-refractivity contribution is 0.480. The smallest absolute Gasteiger partial charge is 0.212 e. The van der Waals surface area contributed by atoms with Crippen LogP contribution in [0.1, 0.15) is 38.5 Å². The summed E-state index contributed by atoms with van der Waals surface area (Å²) < 4.78 is 25.0. The molecule has 15 heavy (non-hydrogen) atoms.